The van der Waals surface area contributed by atoms with Gasteiger partial charge in [0.2, 0.25) is 0 Å². The molecule has 1 aliphatic rings. The van der Waals surface area contributed by atoms with E-state index in [1.165, 1.54) is 80.1 Å². The van der Waals surface area contributed by atoms with Crippen molar-refractivity contribution in [2.24, 2.45) is 23.7 Å². The topological polar surface area (TPSA) is 0 Å². The molecule has 2 atom stereocenters. The monoisotopic (exact) mass is 366 g/mol. The van der Waals surface area contributed by atoms with Gasteiger partial charge in [-0.2, -0.15) is 0 Å². The third kappa shape index (κ3) is 5.84. The van der Waals surface area contributed by atoms with Crippen molar-refractivity contribution in [2.45, 2.75) is 85.5 Å². The van der Waals surface area contributed by atoms with Gasteiger partial charge in [-0.3, -0.25) is 0 Å². The second kappa shape index (κ2) is 10.9. The lowest BCUT2D eigenvalue weighted by Crippen LogP contribution is -2.31. The van der Waals surface area contributed by atoms with E-state index in [9.17, 15) is 0 Å². The van der Waals surface area contributed by atoms with Gasteiger partial charge in [0.15, 0.2) is 0 Å². The van der Waals surface area contributed by atoms with E-state index in [0.717, 1.165) is 5.92 Å². The first-order chi connectivity index (χ1) is 13.0. The van der Waals surface area contributed by atoms with Gasteiger partial charge in [0.05, 0.1) is 0 Å². The summed E-state index contributed by atoms with van der Waals surface area (Å²) in [5, 5.41) is 0. The summed E-state index contributed by atoms with van der Waals surface area (Å²) in [6.07, 6.45) is 12.0. The summed E-state index contributed by atoms with van der Waals surface area (Å²) in [7, 11) is 0. The number of unbranched alkanes of at least 4 members (excludes halogenated alkanes) is 2. The van der Waals surface area contributed by atoms with E-state index in [-0.39, 0.29) is 0 Å². The zero-order valence-corrected chi connectivity index (χ0v) is 18.4. The van der Waals surface area contributed by atoms with E-state index in [2.05, 4.69) is 65.1 Å². The van der Waals surface area contributed by atoms with Crippen LogP contribution in [-0.4, -0.2) is 0 Å². The highest BCUT2D eigenvalue weighted by molar-refractivity contribution is 5.68. The first kappa shape index (κ1) is 22.0. The molecule has 0 nitrogen and oxygen atoms in total. The van der Waals surface area contributed by atoms with Gasteiger partial charge in [-0.25, -0.2) is 0 Å². The summed E-state index contributed by atoms with van der Waals surface area (Å²) < 4.78 is 0. The molecule has 1 aromatic rings. The summed E-state index contributed by atoms with van der Waals surface area (Å²) in [5.41, 5.74) is 5.56. The number of rotatable bonds is 10. The van der Waals surface area contributed by atoms with Crippen LogP contribution in [0, 0.1) is 30.6 Å². The molecular formula is C27H42. The van der Waals surface area contributed by atoms with Gasteiger partial charge in [-0.15, -0.1) is 0 Å². The highest BCUT2D eigenvalue weighted by Gasteiger charge is 2.35. The third-order valence-corrected chi connectivity index (χ3v) is 6.73. The Morgan fingerprint density at radius 3 is 2.30 bits per heavy atom. The second-order valence-corrected chi connectivity index (χ2v) is 9.15. The molecule has 0 heteroatoms. The van der Waals surface area contributed by atoms with Crippen LogP contribution in [0.4, 0.5) is 0 Å². The molecule has 0 N–H and O–H groups in total. The zero-order valence-electron chi connectivity index (χ0n) is 18.4. The fourth-order valence-electron chi connectivity index (χ4n) is 5.29. The molecule has 0 aliphatic heterocycles. The fraction of sp³-hybridized carbons (Fsp3) is 0.630. The van der Waals surface area contributed by atoms with Gasteiger partial charge in [0.25, 0.3) is 0 Å². The zero-order chi connectivity index (χ0) is 19.8. The van der Waals surface area contributed by atoms with Crippen molar-refractivity contribution in [3.8, 4) is 0 Å². The Balaban J connectivity index is 2.33. The standard InChI is InChI=1S/C27H42/c1-7-8-10-16-22(5)27(24-17-11-9-12-18-24)26(20(2)3)23(6)25-19-14-13-15-21(25)4/h13-15,19-20,24,26-27H,5-12,16-18H2,1-4H3. The minimum absolute atomic E-state index is 0.503. The molecule has 1 aliphatic carbocycles. The molecular weight excluding hydrogens is 324 g/mol. The lowest BCUT2D eigenvalue weighted by atomic mass is 9.64. The van der Waals surface area contributed by atoms with Gasteiger partial charge >= 0.3 is 0 Å². The molecule has 0 saturated heterocycles. The molecule has 0 amide bonds. The first-order valence-corrected chi connectivity index (χ1v) is 11.4. The average Bonchev–Trinajstić information content (AvgIpc) is 2.66. The lowest BCUT2D eigenvalue weighted by Gasteiger charge is -2.41. The molecule has 1 saturated carbocycles. The van der Waals surface area contributed by atoms with Crippen molar-refractivity contribution in [1.29, 1.82) is 0 Å². The van der Waals surface area contributed by atoms with Gasteiger partial charge in [0, 0.05) is 0 Å². The molecule has 27 heavy (non-hydrogen) atoms. The smallest absolute Gasteiger partial charge is 0.00705 e. The van der Waals surface area contributed by atoms with Crippen LogP contribution in [0.15, 0.2) is 43.0 Å². The Labute approximate surface area is 169 Å². The van der Waals surface area contributed by atoms with Gasteiger partial charge in [0.1, 0.15) is 0 Å². The maximum Gasteiger partial charge on any atom is -0.00705 e. The largest absolute Gasteiger partial charge is 0.0995 e. The molecule has 2 unspecified atom stereocenters. The van der Waals surface area contributed by atoms with Gasteiger partial charge in [-0.05, 0) is 73.0 Å². The van der Waals surface area contributed by atoms with Crippen LogP contribution in [0.1, 0.15) is 89.7 Å². The average molecular weight is 367 g/mol. The Kier molecular flexibility index (Phi) is 8.87. The molecule has 1 aromatic carbocycles. The molecule has 150 valence electrons. The van der Waals surface area contributed by atoms with Crippen LogP contribution in [0.25, 0.3) is 5.57 Å². The normalized spacial score (nSPS) is 17.7. The Hall–Kier alpha value is -1.30. The number of aryl methyl sites for hydroxylation is 1. The van der Waals surface area contributed by atoms with Gasteiger partial charge < -0.3 is 0 Å². The van der Waals surface area contributed by atoms with E-state index in [1.54, 1.807) is 0 Å². The van der Waals surface area contributed by atoms with Crippen molar-refractivity contribution >= 4 is 5.57 Å². The molecule has 0 aromatic heterocycles. The van der Waals surface area contributed by atoms with E-state index in [1.807, 2.05) is 0 Å². The first-order valence-electron chi connectivity index (χ1n) is 11.4. The second-order valence-electron chi connectivity index (χ2n) is 9.15. The Morgan fingerprint density at radius 2 is 1.70 bits per heavy atom. The minimum Gasteiger partial charge on any atom is -0.0995 e. The lowest BCUT2D eigenvalue weighted by molar-refractivity contribution is 0.204. The van der Waals surface area contributed by atoms with Crippen LogP contribution in [0.2, 0.25) is 0 Å². The van der Waals surface area contributed by atoms with E-state index in [0.29, 0.717) is 17.8 Å². The summed E-state index contributed by atoms with van der Waals surface area (Å²) in [4.78, 5) is 0. The molecule has 0 heterocycles. The minimum atomic E-state index is 0.503. The van der Waals surface area contributed by atoms with Gasteiger partial charge in [-0.1, -0.05) is 95.9 Å². The van der Waals surface area contributed by atoms with Crippen LogP contribution >= 0.6 is 0 Å². The Bertz CT molecular complexity index is 600. The van der Waals surface area contributed by atoms with Crippen LogP contribution < -0.4 is 0 Å². The number of hydrogen-bond donors (Lipinski definition) is 0. The van der Waals surface area contributed by atoms with Crippen molar-refractivity contribution < 1.29 is 0 Å². The summed E-state index contributed by atoms with van der Waals surface area (Å²) >= 11 is 0. The number of hydrogen-bond acceptors (Lipinski definition) is 0. The summed E-state index contributed by atoms with van der Waals surface area (Å²) in [6.45, 7) is 18.6. The molecule has 0 spiro atoms. The molecule has 2 rings (SSSR count). The highest BCUT2D eigenvalue weighted by atomic mass is 14.4. The molecule has 1 fully saturated rings. The third-order valence-electron chi connectivity index (χ3n) is 6.73. The maximum atomic E-state index is 4.66. The highest BCUT2D eigenvalue weighted by Crippen LogP contribution is 2.46. The molecule has 0 bridgehead atoms. The van der Waals surface area contributed by atoms with E-state index >= 15 is 0 Å². The van der Waals surface area contributed by atoms with E-state index < -0.39 is 0 Å². The van der Waals surface area contributed by atoms with Crippen molar-refractivity contribution in [1.82, 2.24) is 0 Å². The van der Waals surface area contributed by atoms with Crippen molar-refractivity contribution in [3.05, 3.63) is 54.1 Å². The fourth-order valence-corrected chi connectivity index (χ4v) is 5.29. The van der Waals surface area contributed by atoms with Crippen molar-refractivity contribution in [2.75, 3.05) is 0 Å². The summed E-state index contributed by atoms with van der Waals surface area (Å²) in [6, 6.07) is 8.80. The predicted octanol–water partition coefficient (Wildman–Crippen LogP) is 8.61. The van der Waals surface area contributed by atoms with Crippen molar-refractivity contribution in [3.63, 3.8) is 0 Å². The van der Waals surface area contributed by atoms with Crippen LogP contribution in [-0.2, 0) is 0 Å². The van der Waals surface area contributed by atoms with E-state index in [4.69, 9.17) is 0 Å². The SMILES string of the molecule is C=C(c1ccccc1C)C(C(C)C)C(C(=C)CCCCC)C1CCCCC1. The van der Waals surface area contributed by atoms with Crippen LogP contribution in [0.5, 0.6) is 0 Å². The summed E-state index contributed by atoms with van der Waals surface area (Å²) in [5.74, 6) is 2.48. The maximum absolute atomic E-state index is 4.66. The Morgan fingerprint density at radius 1 is 1.04 bits per heavy atom. The van der Waals surface area contributed by atoms with Crippen LogP contribution in [0.3, 0.4) is 0 Å². The number of allylic oxidation sites excluding steroid dienone is 2. The number of benzene rings is 1. The molecule has 0 radical (unpaired) electrons. The predicted molar refractivity (Wildman–Crippen MR) is 122 cm³/mol. The quantitative estimate of drug-likeness (QED) is 0.287.